The Hall–Kier alpha value is -4.61. The van der Waals surface area contributed by atoms with E-state index in [4.69, 9.17) is 5.73 Å². The van der Waals surface area contributed by atoms with Gasteiger partial charge in [-0.2, -0.15) is 0 Å². The number of hydrogen-bond acceptors (Lipinski definition) is 8. The summed E-state index contributed by atoms with van der Waals surface area (Å²) in [7, 11) is 1.72. The summed E-state index contributed by atoms with van der Waals surface area (Å²) in [4.78, 5) is 40.3. The summed E-state index contributed by atoms with van der Waals surface area (Å²) >= 11 is 0. The molecule has 0 bridgehead atoms. The lowest BCUT2D eigenvalue weighted by atomic mass is 9.98. The van der Waals surface area contributed by atoms with Crippen LogP contribution in [0.2, 0.25) is 0 Å². The monoisotopic (exact) mass is 532 g/mol. The number of aliphatic hydroxyl groups is 1. The Morgan fingerprint density at radius 3 is 2.44 bits per heavy atom. The Morgan fingerprint density at radius 2 is 1.79 bits per heavy atom. The van der Waals surface area contributed by atoms with Gasteiger partial charge in [-0.05, 0) is 63.2 Å². The lowest BCUT2D eigenvalue weighted by Gasteiger charge is -2.16. The zero-order valence-electron chi connectivity index (χ0n) is 22.0. The van der Waals surface area contributed by atoms with Gasteiger partial charge in [0, 0.05) is 58.5 Å². The number of hydrogen-bond donors (Lipinski definition) is 5. The minimum absolute atomic E-state index is 0.115. The fourth-order valence-electron chi connectivity index (χ4n) is 3.62. The van der Waals surface area contributed by atoms with Crippen molar-refractivity contribution in [3.8, 4) is 11.1 Å². The summed E-state index contributed by atoms with van der Waals surface area (Å²) in [5, 5.41) is 29.5. The maximum absolute atomic E-state index is 13.1. The molecule has 0 unspecified atom stereocenters. The number of nitro groups is 1. The molecule has 39 heavy (non-hydrogen) atoms. The average Bonchev–Trinajstić information content (AvgIpc) is 2.90. The SMILES string of the molecule is CNCNC(=O)c1ccc(-c2cc(N)c(C=NCCC(C)(C)O)cc2NC(=O)c2cccc([N+](=O)[O-])c2)cc1. The zero-order valence-corrected chi connectivity index (χ0v) is 22.0. The van der Waals surface area contributed by atoms with E-state index in [9.17, 15) is 24.8 Å². The molecule has 0 aliphatic rings. The topological polar surface area (TPSA) is 172 Å². The molecule has 11 nitrogen and oxygen atoms in total. The fraction of sp³-hybridized carbons (Fsp3) is 0.250. The highest BCUT2D eigenvalue weighted by atomic mass is 16.6. The van der Waals surface area contributed by atoms with Crippen molar-refractivity contribution in [3.05, 3.63) is 87.5 Å². The second kappa shape index (κ2) is 12.8. The van der Waals surface area contributed by atoms with Crippen LogP contribution in [0, 0.1) is 10.1 Å². The fourth-order valence-corrected chi connectivity index (χ4v) is 3.62. The number of nitrogens with zero attached hydrogens (tertiary/aromatic N) is 2. The summed E-state index contributed by atoms with van der Waals surface area (Å²) in [6.45, 7) is 4.09. The summed E-state index contributed by atoms with van der Waals surface area (Å²) in [6, 6.07) is 15.6. The van der Waals surface area contributed by atoms with E-state index in [0.29, 0.717) is 53.3 Å². The first-order valence-corrected chi connectivity index (χ1v) is 12.2. The van der Waals surface area contributed by atoms with Crippen molar-refractivity contribution in [1.82, 2.24) is 10.6 Å². The van der Waals surface area contributed by atoms with Gasteiger partial charge >= 0.3 is 0 Å². The Bertz CT molecular complexity index is 1380. The van der Waals surface area contributed by atoms with E-state index in [1.54, 1.807) is 63.5 Å². The molecular formula is C28H32N6O5. The van der Waals surface area contributed by atoms with Gasteiger partial charge in [0.15, 0.2) is 0 Å². The predicted molar refractivity (Wildman–Crippen MR) is 152 cm³/mol. The van der Waals surface area contributed by atoms with Crippen LogP contribution < -0.4 is 21.7 Å². The molecule has 3 rings (SSSR count). The number of anilines is 2. The number of carbonyl (C=O) groups excluding carboxylic acids is 2. The molecule has 0 aromatic heterocycles. The van der Waals surface area contributed by atoms with Crippen molar-refractivity contribution >= 4 is 35.1 Å². The van der Waals surface area contributed by atoms with E-state index in [2.05, 4.69) is 20.9 Å². The number of non-ortho nitro benzene ring substituents is 1. The van der Waals surface area contributed by atoms with E-state index < -0.39 is 16.4 Å². The lowest BCUT2D eigenvalue weighted by Crippen LogP contribution is -2.31. The maximum Gasteiger partial charge on any atom is 0.270 e. The lowest BCUT2D eigenvalue weighted by molar-refractivity contribution is -0.384. The van der Waals surface area contributed by atoms with Crippen LogP contribution in [-0.4, -0.2) is 53.9 Å². The third kappa shape index (κ3) is 8.19. The number of rotatable bonds is 11. The molecule has 0 heterocycles. The highest BCUT2D eigenvalue weighted by molar-refractivity contribution is 6.08. The molecule has 3 aromatic rings. The number of benzene rings is 3. The molecular weight excluding hydrogens is 500 g/mol. The van der Waals surface area contributed by atoms with E-state index >= 15 is 0 Å². The first-order valence-electron chi connectivity index (χ1n) is 12.2. The van der Waals surface area contributed by atoms with Crippen molar-refractivity contribution in [3.63, 3.8) is 0 Å². The normalized spacial score (nSPS) is 11.4. The van der Waals surface area contributed by atoms with Gasteiger partial charge in [0.25, 0.3) is 17.5 Å². The molecule has 0 atom stereocenters. The van der Waals surface area contributed by atoms with Crippen molar-refractivity contribution in [2.45, 2.75) is 25.9 Å². The van der Waals surface area contributed by atoms with Gasteiger partial charge in [0.1, 0.15) is 0 Å². The quantitative estimate of drug-likeness (QED) is 0.0825. The van der Waals surface area contributed by atoms with Crippen molar-refractivity contribution in [2.75, 3.05) is 31.3 Å². The highest BCUT2D eigenvalue weighted by Gasteiger charge is 2.17. The molecule has 2 amide bonds. The predicted octanol–water partition coefficient (Wildman–Crippen LogP) is 3.58. The number of carbonyl (C=O) groups is 2. The summed E-state index contributed by atoms with van der Waals surface area (Å²) < 4.78 is 0. The van der Waals surface area contributed by atoms with Gasteiger partial charge in [-0.3, -0.25) is 24.7 Å². The Kier molecular flexibility index (Phi) is 9.47. The molecule has 3 aromatic carbocycles. The van der Waals surface area contributed by atoms with Crippen molar-refractivity contribution in [2.24, 2.45) is 4.99 Å². The third-order valence-electron chi connectivity index (χ3n) is 5.76. The summed E-state index contributed by atoms with van der Waals surface area (Å²) in [5.74, 6) is -0.787. The molecule has 0 spiro atoms. The number of nitrogens with one attached hydrogen (secondary N) is 3. The van der Waals surface area contributed by atoms with Crippen LogP contribution in [0.1, 0.15) is 46.5 Å². The van der Waals surface area contributed by atoms with Gasteiger partial charge in [0.2, 0.25) is 0 Å². The van der Waals surface area contributed by atoms with Gasteiger partial charge in [-0.25, -0.2) is 0 Å². The van der Waals surface area contributed by atoms with Crippen LogP contribution in [0.4, 0.5) is 17.1 Å². The number of aliphatic imine (C=N–C) groups is 1. The number of amides is 2. The van der Waals surface area contributed by atoms with Crippen molar-refractivity contribution < 1.29 is 19.6 Å². The molecule has 0 aliphatic heterocycles. The maximum atomic E-state index is 13.1. The van der Waals surface area contributed by atoms with E-state index in [1.165, 1.54) is 24.3 Å². The molecule has 0 saturated carbocycles. The van der Waals surface area contributed by atoms with E-state index in [1.807, 2.05) is 0 Å². The summed E-state index contributed by atoms with van der Waals surface area (Å²) in [6.07, 6.45) is 2.02. The van der Waals surface area contributed by atoms with E-state index in [0.717, 1.165) is 0 Å². The number of nitrogens with two attached hydrogens (primary N) is 1. The van der Waals surface area contributed by atoms with Gasteiger partial charge in [-0.15, -0.1) is 0 Å². The van der Waals surface area contributed by atoms with Crippen LogP contribution >= 0.6 is 0 Å². The van der Waals surface area contributed by atoms with Crippen LogP contribution in [0.3, 0.4) is 0 Å². The molecule has 0 saturated heterocycles. The molecule has 6 N–H and O–H groups in total. The molecule has 0 fully saturated rings. The average molecular weight is 533 g/mol. The zero-order chi connectivity index (χ0) is 28.6. The third-order valence-corrected chi connectivity index (χ3v) is 5.76. The van der Waals surface area contributed by atoms with Crippen LogP contribution in [0.15, 0.2) is 65.7 Å². The standard InChI is InChI=1S/C28H32N6O5/c1-28(2,37)11-12-31-16-21-14-25(33-27(36)20-5-4-6-22(13-20)34(38)39)23(15-24(21)29)18-7-9-19(10-8-18)26(35)32-17-30-3/h4-10,13-16,30,37H,11-12,17,29H2,1-3H3,(H,32,35)(H,33,36). The van der Waals surface area contributed by atoms with Gasteiger partial charge < -0.3 is 26.8 Å². The van der Waals surface area contributed by atoms with Gasteiger partial charge in [-0.1, -0.05) is 18.2 Å². The van der Waals surface area contributed by atoms with Crippen LogP contribution in [-0.2, 0) is 0 Å². The van der Waals surface area contributed by atoms with Crippen LogP contribution in [0.25, 0.3) is 11.1 Å². The van der Waals surface area contributed by atoms with Crippen LogP contribution in [0.5, 0.6) is 0 Å². The Morgan fingerprint density at radius 1 is 1.08 bits per heavy atom. The molecule has 0 aliphatic carbocycles. The largest absolute Gasteiger partial charge is 0.398 e. The van der Waals surface area contributed by atoms with E-state index in [-0.39, 0.29) is 17.2 Å². The summed E-state index contributed by atoms with van der Waals surface area (Å²) in [5.41, 5.74) is 8.46. The molecule has 11 heteroatoms. The molecule has 0 radical (unpaired) electrons. The Balaban J connectivity index is 1.98. The number of nitrogen functional groups attached to an aromatic ring is 1. The highest BCUT2D eigenvalue weighted by Crippen LogP contribution is 2.33. The Labute approximate surface area is 226 Å². The molecule has 204 valence electrons. The smallest absolute Gasteiger partial charge is 0.270 e. The minimum atomic E-state index is -0.861. The second-order valence-corrected chi connectivity index (χ2v) is 9.50. The second-order valence-electron chi connectivity index (χ2n) is 9.50. The van der Waals surface area contributed by atoms with Crippen molar-refractivity contribution in [1.29, 1.82) is 0 Å². The first kappa shape index (κ1) is 29.0. The minimum Gasteiger partial charge on any atom is -0.398 e. The van der Waals surface area contributed by atoms with Gasteiger partial charge in [0.05, 0.1) is 17.2 Å². The number of nitro benzene ring substituents is 1. The first-order chi connectivity index (χ1) is 18.5.